The van der Waals surface area contributed by atoms with Crippen LogP contribution in [-0.2, 0) is 4.79 Å². The highest BCUT2D eigenvalue weighted by Gasteiger charge is 2.11. The zero-order chi connectivity index (χ0) is 18.5. The van der Waals surface area contributed by atoms with Gasteiger partial charge in [0.2, 0.25) is 5.91 Å². The molecule has 130 valence electrons. The van der Waals surface area contributed by atoms with Crippen LogP contribution in [0.15, 0.2) is 58.3 Å². The fraction of sp³-hybridized carbons (Fsp3) is 0.0556. The number of carbonyl (C=O) groups excluding carboxylic acids is 1. The van der Waals surface area contributed by atoms with Crippen LogP contribution in [0.1, 0.15) is 5.56 Å². The molecule has 0 bridgehead atoms. The van der Waals surface area contributed by atoms with Crippen LogP contribution in [0.3, 0.4) is 0 Å². The number of amides is 1. The van der Waals surface area contributed by atoms with Gasteiger partial charge in [-0.25, -0.2) is 9.37 Å². The molecule has 0 radical (unpaired) electrons. The molecule has 1 amide bonds. The summed E-state index contributed by atoms with van der Waals surface area (Å²) in [4.78, 5) is 16.1. The van der Waals surface area contributed by atoms with Gasteiger partial charge in [0.25, 0.3) is 5.22 Å². The Kier molecular flexibility index (Phi) is 5.56. The lowest BCUT2D eigenvalue weighted by atomic mass is 10.2. The summed E-state index contributed by atoms with van der Waals surface area (Å²) < 4.78 is 18.5. The van der Waals surface area contributed by atoms with Crippen molar-refractivity contribution in [1.29, 1.82) is 5.26 Å². The van der Waals surface area contributed by atoms with Crippen LogP contribution < -0.4 is 5.32 Å². The second-order valence-electron chi connectivity index (χ2n) is 5.14. The Balaban J connectivity index is 1.57. The van der Waals surface area contributed by atoms with Crippen molar-refractivity contribution in [2.45, 2.75) is 5.22 Å². The molecule has 1 heterocycles. The van der Waals surface area contributed by atoms with E-state index in [9.17, 15) is 9.18 Å². The van der Waals surface area contributed by atoms with Crippen LogP contribution in [0.2, 0.25) is 5.02 Å². The summed E-state index contributed by atoms with van der Waals surface area (Å²) in [5.74, 6) is -0.0207. The molecular weight excluding hydrogens is 377 g/mol. The maximum atomic E-state index is 12.9. The third-order valence-electron chi connectivity index (χ3n) is 3.31. The number of halogens is 2. The summed E-state index contributed by atoms with van der Waals surface area (Å²) in [5.41, 5.74) is 1.54. The molecule has 0 saturated heterocycles. The van der Waals surface area contributed by atoms with Crippen molar-refractivity contribution in [3.05, 3.63) is 65.1 Å². The maximum Gasteiger partial charge on any atom is 0.256 e. The van der Waals surface area contributed by atoms with Crippen LogP contribution in [0.4, 0.5) is 10.1 Å². The predicted octanol–water partition coefficient (Wildman–Crippen LogP) is 4.74. The first-order valence-corrected chi connectivity index (χ1v) is 8.75. The Morgan fingerprint density at radius 1 is 1.31 bits per heavy atom. The number of carbonyl (C=O) groups is 1. The number of oxazole rings is 1. The Bertz CT molecular complexity index is 983. The number of nitriles is 1. The average molecular weight is 388 g/mol. The van der Waals surface area contributed by atoms with Gasteiger partial charge in [0, 0.05) is 11.3 Å². The molecule has 0 aliphatic rings. The number of hydrogen-bond acceptors (Lipinski definition) is 5. The molecule has 0 aliphatic heterocycles. The standard InChI is InChI=1S/C18H11ClFN3O2S/c19-15-7-14(6-3-12(15)8-21)23-17(24)10-26-18-22-9-16(25-18)11-1-4-13(20)5-2-11/h1-7,9H,10H2,(H,23,24). The van der Waals surface area contributed by atoms with E-state index >= 15 is 0 Å². The Labute approximate surface area is 157 Å². The summed E-state index contributed by atoms with van der Waals surface area (Å²) in [6.07, 6.45) is 1.52. The van der Waals surface area contributed by atoms with Gasteiger partial charge in [-0.1, -0.05) is 23.4 Å². The van der Waals surface area contributed by atoms with E-state index in [0.29, 0.717) is 27.8 Å². The fourth-order valence-electron chi connectivity index (χ4n) is 2.08. The molecule has 0 fully saturated rings. The van der Waals surface area contributed by atoms with Gasteiger partial charge in [0.05, 0.1) is 22.5 Å². The smallest absolute Gasteiger partial charge is 0.256 e. The lowest BCUT2D eigenvalue weighted by Crippen LogP contribution is -2.14. The number of nitrogens with zero attached hydrogens (tertiary/aromatic N) is 2. The molecule has 1 N–H and O–H groups in total. The number of benzene rings is 2. The van der Waals surface area contributed by atoms with Crippen LogP contribution in [0, 0.1) is 17.1 Å². The lowest BCUT2D eigenvalue weighted by Gasteiger charge is -2.05. The largest absolute Gasteiger partial charge is 0.431 e. The van der Waals surface area contributed by atoms with Gasteiger partial charge >= 0.3 is 0 Å². The molecule has 26 heavy (non-hydrogen) atoms. The van der Waals surface area contributed by atoms with E-state index in [1.165, 1.54) is 30.5 Å². The number of rotatable bonds is 5. The first-order valence-electron chi connectivity index (χ1n) is 7.39. The third kappa shape index (κ3) is 4.42. The summed E-state index contributed by atoms with van der Waals surface area (Å²) in [6.45, 7) is 0. The number of anilines is 1. The topological polar surface area (TPSA) is 78.9 Å². The van der Waals surface area contributed by atoms with Gasteiger partial charge in [0.1, 0.15) is 11.9 Å². The van der Waals surface area contributed by atoms with Crippen LogP contribution in [0.25, 0.3) is 11.3 Å². The summed E-state index contributed by atoms with van der Waals surface area (Å²) in [6, 6.07) is 12.4. The minimum atomic E-state index is -0.331. The van der Waals surface area contributed by atoms with Crippen LogP contribution in [-0.4, -0.2) is 16.6 Å². The van der Waals surface area contributed by atoms with Gasteiger partial charge in [-0.3, -0.25) is 4.79 Å². The predicted molar refractivity (Wildman–Crippen MR) is 97.4 cm³/mol. The summed E-state index contributed by atoms with van der Waals surface area (Å²) in [7, 11) is 0. The normalized spacial score (nSPS) is 10.3. The van der Waals surface area contributed by atoms with Gasteiger partial charge < -0.3 is 9.73 Å². The van der Waals surface area contributed by atoms with E-state index in [4.69, 9.17) is 21.3 Å². The molecule has 5 nitrogen and oxygen atoms in total. The zero-order valence-electron chi connectivity index (χ0n) is 13.2. The van der Waals surface area contributed by atoms with Crippen molar-refractivity contribution in [1.82, 2.24) is 4.98 Å². The minimum Gasteiger partial charge on any atom is -0.431 e. The van der Waals surface area contributed by atoms with Gasteiger partial charge in [0.15, 0.2) is 5.76 Å². The van der Waals surface area contributed by atoms with Gasteiger partial charge in [-0.15, -0.1) is 0 Å². The fourth-order valence-corrected chi connectivity index (χ4v) is 2.91. The molecule has 0 spiro atoms. The molecular formula is C18H11ClFN3O2S. The summed E-state index contributed by atoms with van der Waals surface area (Å²) >= 11 is 7.06. The molecule has 0 saturated carbocycles. The quantitative estimate of drug-likeness (QED) is 0.640. The Hall–Kier alpha value is -2.82. The SMILES string of the molecule is N#Cc1ccc(NC(=O)CSc2ncc(-c3ccc(F)cc3)o2)cc1Cl. The highest BCUT2D eigenvalue weighted by Crippen LogP contribution is 2.26. The number of nitrogens with one attached hydrogen (secondary N) is 1. The van der Waals surface area contributed by atoms with Gasteiger partial charge in [-0.2, -0.15) is 5.26 Å². The van der Waals surface area contributed by atoms with Gasteiger partial charge in [-0.05, 0) is 42.5 Å². The molecule has 3 rings (SSSR count). The molecule has 2 aromatic carbocycles. The molecule has 8 heteroatoms. The molecule has 0 atom stereocenters. The van der Waals surface area contributed by atoms with Crippen molar-refractivity contribution < 1.29 is 13.6 Å². The Morgan fingerprint density at radius 2 is 2.08 bits per heavy atom. The van der Waals surface area contributed by atoms with Crippen molar-refractivity contribution in [3.8, 4) is 17.4 Å². The van der Waals surface area contributed by atoms with E-state index in [2.05, 4.69) is 10.3 Å². The Morgan fingerprint density at radius 3 is 2.77 bits per heavy atom. The van der Waals surface area contributed by atoms with Crippen molar-refractivity contribution in [2.24, 2.45) is 0 Å². The first-order chi connectivity index (χ1) is 12.5. The third-order valence-corrected chi connectivity index (χ3v) is 4.47. The van der Waals surface area contributed by atoms with E-state index in [0.717, 1.165) is 11.8 Å². The highest BCUT2D eigenvalue weighted by atomic mass is 35.5. The van der Waals surface area contributed by atoms with E-state index in [1.54, 1.807) is 18.2 Å². The van der Waals surface area contributed by atoms with Crippen molar-refractivity contribution in [3.63, 3.8) is 0 Å². The molecule has 0 aliphatic carbocycles. The number of aromatic nitrogens is 1. The van der Waals surface area contributed by atoms with E-state index in [1.807, 2.05) is 6.07 Å². The first kappa shape index (κ1) is 18.0. The van der Waals surface area contributed by atoms with Crippen molar-refractivity contribution in [2.75, 3.05) is 11.1 Å². The van der Waals surface area contributed by atoms with Crippen LogP contribution >= 0.6 is 23.4 Å². The van der Waals surface area contributed by atoms with E-state index in [-0.39, 0.29) is 22.5 Å². The monoisotopic (exact) mass is 387 g/mol. The molecule has 0 unspecified atom stereocenters. The minimum absolute atomic E-state index is 0.0843. The average Bonchev–Trinajstić information content (AvgIpc) is 3.10. The molecule has 1 aromatic heterocycles. The zero-order valence-corrected chi connectivity index (χ0v) is 14.8. The number of hydrogen-bond donors (Lipinski definition) is 1. The second-order valence-corrected chi connectivity index (χ2v) is 6.47. The highest BCUT2D eigenvalue weighted by molar-refractivity contribution is 7.99. The second kappa shape index (κ2) is 8.04. The molecule has 3 aromatic rings. The summed E-state index contributed by atoms with van der Waals surface area (Å²) in [5, 5.41) is 12.1. The lowest BCUT2D eigenvalue weighted by molar-refractivity contribution is -0.113. The maximum absolute atomic E-state index is 12.9. The van der Waals surface area contributed by atoms with Crippen molar-refractivity contribution >= 4 is 35.0 Å². The van der Waals surface area contributed by atoms with Crippen LogP contribution in [0.5, 0.6) is 0 Å². The van der Waals surface area contributed by atoms with E-state index < -0.39 is 0 Å². The number of thioether (sulfide) groups is 1.